The third kappa shape index (κ3) is 7.00. The first kappa shape index (κ1) is 43.2. The lowest BCUT2D eigenvalue weighted by atomic mass is 9.68. The van der Waals surface area contributed by atoms with Crippen molar-refractivity contribution in [3.63, 3.8) is 0 Å². The maximum atomic E-state index is 2.63. The molecule has 346 valence electrons. The number of rotatable bonds is 9. The highest BCUT2D eigenvalue weighted by Gasteiger charge is 2.47. The number of anilines is 3. The molecule has 1 nitrogen and oxygen atoms in total. The summed E-state index contributed by atoms with van der Waals surface area (Å²) in [7, 11) is 0. The van der Waals surface area contributed by atoms with Gasteiger partial charge in [-0.15, -0.1) is 0 Å². The molecule has 0 saturated heterocycles. The van der Waals surface area contributed by atoms with Gasteiger partial charge in [0, 0.05) is 22.2 Å². The smallest absolute Gasteiger partial charge is 0.0714 e. The molecule has 0 unspecified atom stereocenters. The molecule has 0 radical (unpaired) electrons. The van der Waals surface area contributed by atoms with Crippen LogP contribution in [0.4, 0.5) is 17.1 Å². The van der Waals surface area contributed by atoms with E-state index in [2.05, 4.69) is 302 Å². The van der Waals surface area contributed by atoms with Gasteiger partial charge in [0.05, 0.1) is 16.8 Å². The molecule has 13 aromatic rings. The van der Waals surface area contributed by atoms with Gasteiger partial charge in [0.15, 0.2) is 0 Å². The Morgan fingerprint density at radius 1 is 0.257 bits per heavy atom. The Morgan fingerprint density at radius 3 is 1.41 bits per heavy atom. The topological polar surface area (TPSA) is 3.24 Å². The van der Waals surface area contributed by atoms with Crippen LogP contribution in [0.1, 0.15) is 22.3 Å². The van der Waals surface area contributed by atoms with E-state index >= 15 is 0 Å². The molecular formula is C73H49N. The van der Waals surface area contributed by atoms with Crippen molar-refractivity contribution in [3.05, 3.63) is 320 Å². The molecule has 1 aliphatic carbocycles. The van der Waals surface area contributed by atoms with Gasteiger partial charge in [0.2, 0.25) is 0 Å². The first-order valence-electron chi connectivity index (χ1n) is 25.7. The summed E-state index contributed by atoms with van der Waals surface area (Å²) in [6.45, 7) is 0. The van der Waals surface area contributed by atoms with E-state index < -0.39 is 5.41 Å². The second kappa shape index (κ2) is 17.9. The molecule has 0 bridgehead atoms. The largest absolute Gasteiger partial charge is 0.309 e. The van der Waals surface area contributed by atoms with E-state index in [0.717, 1.165) is 44.9 Å². The van der Waals surface area contributed by atoms with Gasteiger partial charge < -0.3 is 4.90 Å². The van der Waals surface area contributed by atoms with E-state index in [9.17, 15) is 0 Å². The van der Waals surface area contributed by atoms with Crippen molar-refractivity contribution >= 4 is 49.4 Å². The minimum Gasteiger partial charge on any atom is -0.309 e. The van der Waals surface area contributed by atoms with E-state index in [1.54, 1.807) is 0 Å². The van der Waals surface area contributed by atoms with Crippen LogP contribution in [-0.2, 0) is 5.41 Å². The van der Waals surface area contributed by atoms with Gasteiger partial charge in [-0.2, -0.15) is 0 Å². The average Bonchev–Trinajstić information content (AvgIpc) is 3.88. The summed E-state index contributed by atoms with van der Waals surface area (Å²) in [4.78, 5) is 2.63. The Balaban J connectivity index is 1.15. The molecule has 13 aromatic carbocycles. The molecular weight excluding hydrogens is 891 g/mol. The fraction of sp³-hybridized carbons (Fsp3) is 0.0137. The molecule has 74 heavy (non-hydrogen) atoms. The summed E-state index contributed by atoms with van der Waals surface area (Å²) in [6.07, 6.45) is 0. The second-order valence-corrected chi connectivity index (χ2v) is 19.5. The summed E-state index contributed by atoms with van der Waals surface area (Å²) in [6, 6.07) is 110. The Kier molecular flexibility index (Phi) is 10.5. The number of fused-ring (bicyclic) bond motifs is 7. The number of benzene rings is 13. The van der Waals surface area contributed by atoms with Gasteiger partial charge in [-0.25, -0.2) is 0 Å². The molecule has 0 saturated carbocycles. The van der Waals surface area contributed by atoms with Crippen molar-refractivity contribution < 1.29 is 0 Å². The zero-order chi connectivity index (χ0) is 49.0. The Bertz CT molecular complexity index is 4140. The molecule has 0 aliphatic heterocycles. The third-order valence-corrected chi connectivity index (χ3v) is 15.5. The standard InChI is InChI=1S/C73H49N/c1-5-23-50(24-6-1)57-47-58(51-25-7-2-8-26-51)49-61(48-57)74(69-42-22-41-68-71(69)66-39-19-20-40-67(66)73(68,59-31-9-3-10-32-59)60-33-11-4-12-34-60)72-65-38-18-16-36-63(65)62-35-15-17-37-64(62)70(72)56-30-21-29-54(46-56)55-44-43-52-27-13-14-28-53(52)45-55/h1-49H. The maximum absolute atomic E-state index is 2.63. The summed E-state index contributed by atoms with van der Waals surface area (Å²) >= 11 is 0. The van der Waals surface area contributed by atoms with E-state index in [4.69, 9.17) is 0 Å². The van der Waals surface area contributed by atoms with Crippen LogP contribution in [0.3, 0.4) is 0 Å². The van der Waals surface area contributed by atoms with E-state index in [1.165, 1.54) is 82.4 Å². The van der Waals surface area contributed by atoms with Crippen LogP contribution < -0.4 is 4.90 Å². The maximum Gasteiger partial charge on any atom is 0.0714 e. The lowest BCUT2D eigenvalue weighted by Gasteiger charge is -2.35. The second-order valence-electron chi connectivity index (χ2n) is 19.5. The molecule has 0 spiro atoms. The Morgan fingerprint density at radius 2 is 0.730 bits per heavy atom. The van der Waals surface area contributed by atoms with Crippen LogP contribution in [0.5, 0.6) is 0 Å². The molecule has 0 atom stereocenters. The monoisotopic (exact) mass is 939 g/mol. The van der Waals surface area contributed by atoms with Crippen molar-refractivity contribution in [1.82, 2.24) is 0 Å². The van der Waals surface area contributed by atoms with Crippen LogP contribution in [0, 0.1) is 0 Å². The summed E-state index contributed by atoms with van der Waals surface area (Å²) in [5.74, 6) is 0. The molecule has 14 rings (SSSR count). The van der Waals surface area contributed by atoms with Crippen LogP contribution in [0.25, 0.3) is 88.0 Å². The number of hydrogen-bond acceptors (Lipinski definition) is 1. The highest BCUT2D eigenvalue weighted by molar-refractivity contribution is 6.23. The molecule has 1 heteroatoms. The minimum absolute atomic E-state index is 0.598. The van der Waals surface area contributed by atoms with Crippen molar-refractivity contribution in [2.75, 3.05) is 4.90 Å². The SMILES string of the molecule is c1ccc(-c2cc(-c3ccccc3)cc(N(c3cccc4c3-c3ccccc3C4(c3ccccc3)c3ccccc3)c3c(-c4cccc(-c5ccc6ccccc6c5)c4)c4ccccc4c4ccccc34)c2)cc1. The van der Waals surface area contributed by atoms with Crippen molar-refractivity contribution in [2.45, 2.75) is 5.41 Å². The summed E-state index contributed by atoms with van der Waals surface area (Å²) in [5.41, 5.74) is 19.5. The summed E-state index contributed by atoms with van der Waals surface area (Å²) in [5, 5.41) is 7.25. The average molecular weight is 940 g/mol. The van der Waals surface area contributed by atoms with Gasteiger partial charge in [-0.3, -0.25) is 0 Å². The Labute approximate surface area is 432 Å². The van der Waals surface area contributed by atoms with Gasteiger partial charge in [0.1, 0.15) is 0 Å². The van der Waals surface area contributed by atoms with E-state index in [0.29, 0.717) is 0 Å². The van der Waals surface area contributed by atoms with Crippen LogP contribution in [-0.4, -0.2) is 0 Å². The van der Waals surface area contributed by atoms with Crippen LogP contribution in [0.15, 0.2) is 297 Å². The molecule has 0 aromatic heterocycles. The predicted octanol–water partition coefficient (Wildman–Crippen LogP) is 19.6. The highest BCUT2D eigenvalue weighted by atomic mass is 15.2. The fourth-order valence-electron chi connectivity index (χ4n) is 12.3. The van der Waals surface area contributed by atoms with Gasteiger partial charge in [-0.05, 0) is 130 Å². The molecule has 0 N–H and O–H groups in total. The number of hydrogen-bond donors (Lipinski definition) is 0. The number of nitrogens with zero attached hydrogens (tertiary/aromatic N) is 1. The van der Waals surface area contributed by atoms with E-state index in [1.807, 2.05) is 0 Å². The zero-order valence-electron chi connectivity index (χ0n) is 40.7. The molecule has 0 amide bonds. The van der Waals surface area contributed by atoms with Crippen LogP contribution >= 0.6 is 0 Å². The lowest BCUT2D eigenvalue weighted by Crippen LogP contribution is -2.28. The quantitative estimate of drug-likeness (QED) is 0.130. The fourth-order valence-corrected chi connectivity index (χ4v) is 12.3. The highest BCUT2D eigenvalue weighted by Crippen LogP contribution is 2.61. The van der Waals surface area contributed by atoms with E-state index in [-0.39, 0.29) is 0 Å². The van der Waals surface area contributed by atoms with Gasteiger partial charge in [-0.1, -0.05) is 261 Å². The predicted molar refractivity (Wildman–Crippen MR) is 313 cm³/mol. The first-order chi connectivity index (χ1) is 36.7. The van der Waals surface area contributed by atoms with Crippen molar-refractivity contribution in [1.29, 1.82) is 0 Å². The van der Waals surface area contributed by atoms with Crippen molar-refractivity contribution in [2.24, 2.45) is 0 Å². The molecule has 0 heterocycles. The normalized spacial score (nSPS) is 12.4. The summed E-state index contributed by atoms with van der Waals surface area (Å²) < 4.78 is 0. The van der Waals surface area contributed by atoms with Gasteiger partial charge in [0.25, 0.3) is 0 Å². The first-order valence-corrected chi connectivity index (χ1v) is 25.7. The lowest BCUT2D eigenvalue weighted by molar-refractivity contribution is 0.768. The minimum atomic E-state index is -0.598. The third-order valence-electron chi connectivity index (χ3n) is 15.5. The zero-order valence-corrected chi connectivity index (χ0v) is 40.7. The Hall–Kier alpha value is -9.56. The molecule has 1 aliphatic rings. The molecule has 0 fully saturated rings. The van der Waals surface area contributed by atoms with Gasteiger partial charge >= 0.3 is 0 Å². The van der Waals surface area contributed by atoms with Crippen molar-refractivity contribution in [3.8, 4) is 55.6 Å². The van der Waals surface area contributed by atoms with Crippen LogP contribution in [0.2, 0.25) is 0 Å².